The number of aromatic nitrogens is 5. The highest BCUT2D eigenvalue weighted by Crippen LogP contribution is 2.25. The number of ether oxygens (including phenoxy) is 1. The van der Waals surface area contributed by atoms with Gasteiger partial charge in [-0.05, 0) is 35.5 Å². The zero-order valence-electron chi connectivity index (χ0n) is 18.3. The van der Waals surface area contributed by atoms with Crippen LogP contribution in [0.25, 0.3) is 16.7 Å². The van der Waals surface area contributed by atoms with E-state index in [4.69, 9.17) is 9.57 Å². The van der Waals surface area contributed by atoms with Gasteiger partial charge in [0.05, 0.1) is 24.5 Å². The number of nitrogens with zero attached hydrogens (tertiary/aromatic N) is 6. The summed E-state index contributed by atoms with van der Waals surface area (Å²) in [5.74, 6) is -1.70. The van der Waals surface area contributed by atoms with Crippen molar-refractivity contribution in [3.63, 3.8) is 0 Å². The molecule has 0 spiro atoms. The van der Waals surface area contributed by atoms with Gasteiger partial charge in [0.2, 0.25) is 5.91 Å². The van der Waals surface area contributed by atoms with E-state index < -0.39 is 24.0 Å². The quantitative estimate of drug-likeness (QED) is 0.411. The molecule has 2 aromatic heterocycles. The van der Waals surface area contributed by atoms with Crippen molar-refractivity contribution in [1.82, 2.24) is 30.0 Å². The van der Waals surface area contributed by atoms with E-state index in [1.54, 1.807) is 30.3 Å². The minimum Gasteiger partial charge on any atom is -0.442 e. The lowest BCUT2D eigenvalue weighted by Gasteiger charge is -2.14. The van der Waals surface area contributed by atoms with Gasteiger partial charge in [0, 0.05) is 13.1 Å². The summed E-state index contributed by atoms with van der Waals surface area (Å²) in [5.41, 5.74) is 1.38. The zero-order valence-corrected chi connectivity index (χ0v) is 18.3. The Labute approximate surface area is 196 Å². The molecule has 0 unspecified atom stereocenters. The summed E-state index contributed by atoms with van der Waals surface area (Å²) in [7, 11) is 0. The smallest absolute Gasteiger partial charge is 0.414 e. The zero-order chi connectivity index (χ0) is 24.5. The maximum atomic E-state index is 14.9. The average Bonchev–Trinajstić information content (AvgIpc) is 3.57. The summed E-state index contributed by atoms with van der Waals surface area (Å²) < 4.78 is 21.5. The van der Waals surface area contributed by atoms with Crippen molar-refractivity contribution in [3.8, 4) is 5.69 Å². The Balaban J connectivity index is 1.30. The van der Waals surface area contributed by atoms with Gasteiger partial charge in [0.15, 0.2) is 5.69 Å². The van der Waals surface area contributed by atoms with Crippen LogP contribution in [0.1, 0.15) is 17.4 Å². The molecule has 1 saturated heterocycles. The highest BCUT2D eigenvalue weighted by Gasteiger charge is 2.32. The third kappa shape index (κ3) is 4.38. The molecule has 178 valence electrons. The topological polar surface area (TPSA) is 133 Å². The van der Waals surface area contributed by atoms with Crippen LogP contribution >= 0.6 is 0 Å². The number of hydrogen-bond acceptors (Lipinski definition) is 8. The summed E-state index contributed by atoms with van der Waals surface area (Å²) in [4.78, 5) is 47.2. The molecule has 0 bridgehead atoms. The minimum absolute atomic E-state index is 0.0722. The fourth-order valence-electron chi connectivity index (χ4n) is 3.57. The fraction of sp³-hybridized carbons (Fsp3) is 0.182. The first-order chi connectivity index (χ1) is 16.9. The molecular weight excluding hydrogens is 461 g/mol. The first kappa shape index (κ1) is 22.0. The lowest BCUT2D eigenvalue weighted by atomic mass is 10.2. The number of fused-ring (bicyclic) bond motifs is 1. The first-order valence-corrected chi connectivity index (χ1v) is 10.5. The lowest BCUT2D eigenvalue weighted by molar-refractivity contribution is -0.119. The number of para-hydroxylation sites is 1. The molecule has 2 amide bonds. The highest BCUT2D eigenvalue weighted by molar-refractivity contribution is 5.90. The van der Waals surface area contributed by atoms with Gasteiger partial charge in [-0.15, -0.1) is 5.10 Å². The normalized spacial score (nSPS) is 15.3. The van der Waals surface area contributed by atoms with Crippen molar-refractivity contribution in [3.05, 3.63) is 66.5 Å². The van der Waals surface area contributed by atoms with Crippen LogP contribution in [-0.2, 0) is 9.53 Å². The Morgan fingerprint density at radius 3 is 2.89 bits per heavy atom. The Bertz CT molecular complexity index is 1450. The summed E-state index contributed by atoms with van der Waals surface area (Å²) >= 11 is 0. The van der Waals surface area contributed by atoms with E-state index in [1.165, 1.54) is 41.0 Å². The van der Waals surface area contributed by atoms with Crippen molar-refractivity contribution in [2.75, 3.05) is 18.0 Å². The van der Waals surface area contributed by atoms with E-state index >= 15 is 0 Å². The number of amides is 2. The molecule has 0 saturated carbocycles. The second-order valence-corrected chi connectivity index (χ2v) is 7.69. The van der Waals surface area contributed by atoms with Crippen LogP contribution in [0.2, 0.25) is 0 Å². The van der Waals surface area contributed by atoms with Gasteiger partial charge in [-0.3, -0.25) is 9.69 Å². The molecule has 1 fully saturated rings. The molecule has 13 heteroatoms. The highest BCUT2D eigenvalue weighted by atomic mass is 19.1. The van der Waals surface area contributed by atoms with Gasteiger partial charge in [-0.1, -0.05) is 17.0 Å². The van der Waals surface area contributed by atoms with E-state index in [0.717, 1.165) is 4.85 Å². The van der Waals surface area contributed by atoms with Gasteiger partial charge in [0.25, 0.3) is 0 Å². The monoisotopic (exact) mass is 479 g/mol. The summed E-state index contributed by atoms with van der Waals surface area (Å²) in [6.07, 6.45) is 1.40. The van der Waals surface area contributed by atoms with Crippen LogP contribution in [0.3, 0.4) is 0 Å². The average molecular weight is 479 g/mol. The maximum Gasteiger partial charge on any atom is 0.414 e. The number of carbonyl (C=O) groups excluding carboxylic acids is 3. The lowest BCUT2D eigenvalue weighted by Crippen LogP contribution is -2.33. The number of imidazole rings is 1. The largest absolute Gasteiger partial charge is 0.442 e. The molecule has 4 aromatic rings. The van der Waals surface area contributed by atoms with Crippen LogP contribution in [0.4, 0.5) is 14.9 Å². The van der Waals surface area contributed by atoms with Crippen molar-refractivity contribution in [2.24, 2.45) is 0 Å². The van der Waals surface area contributed by atoms with Gasteiger partial charge in [0.1, 0.15) is 29.3 Å². The molecule has 2 aromatic carbocycles. The molecule has 0 aliphatic carbocycles. The standard InChI is InChI=1S/C22H18FN7O5/c1-13(31)24-9-15-10-29(22(33)34-15)14-6-7-19(16(23)8-14)28-11-18(25-12-28)21(32)35-30-20-5-3-2-4-17(20)26-27-30/h2-8,11-12,15H,9-10H2,1H3,(H,24,31)/t15-/m0/s1. The van der Waals surface area contributed by atoms with Gasteiger partial charge in [-0.25, -0.2) is 19.0 Å². The van der Waals surface area contributed by atoms with Crippen LogP contribution < -0.4 is 15.1 Å². The third-order valence-electron chi connectivity index (χ3n) is 5.26. The number of benzene rings is 2. The van der Waals surface area contributed by atoms with E-state index in [2.05, 4.69) is 20.6 Å². The summed E-state index contributed by atoms with van der Waals surface area (Å²) in [6, 6.07) is 11.1. The van der Waals surface area contributed by atoms with E-state index in [-0.39, 0.29) is 30.4 Å². The van der Waals surface area contributed by atoms with Gasteiger partial charge < -0.3 is 19.5 Å². The predicted octanol–water partition coefficient (Wildman–Crippen LogP) is 1.49. The Morgan fingerprint density at radius 1 is 1.26 bits per heavy atom. The van der Waals surface area contributed by atoms with Crippen molar-refractivity contribution in [1.29, 1.82) is 0 Å². The molecule has 1 atom stereocenters. The minimum atomic E-state index is -0.804. The molecule has 3 heterocycles. The van der Waals surface area contributed by atoms with Crippen LogP contribution in [0.15, 0.2) is 55.0 Å². The molecule has 1 N–H and O–H groups in total. The predicted molar refractivity (Wildman–Crippen MR) is 118 cm³/mol. The Kier molecular flexibility index (Phi) is 5.57. The van der Waals surface area contributed by atoms with Crippen molar-refractivity contribution < 1.29 is 28.3 Å². The number of halogens is 1. The molecule has 12 nitrogen and oxygen atoms in total. The number of carbonyl (C=O) groups is 3. The second kappa shape index (κ2) is 8.85. The second-order valence-electron chi connectivity index (χ2n) is 7.69. The fourth-order valence-corrected chi connectivity index (χ4v) is 3.57. The molecule has 1 aliphatic rings. The van der Waals surface area contributed by atoms with Gasteiger partial charge >= 0.3 is 12.1 Å². The van der Waals surface area contributed by atoms with Crippen LogP contribution in [-0.4, -0.2) is 61.9 Å². The summed E-state index contributed by atoms with van der Waals surface area (Å²) in [5, 5.41) is 10.3. The van der Waals surface area contributed by atoms with Crippen molar-refractivity contribution >= 4 is 34.7 Å². The van der Waals surface area contributed by atoms with E-state index in [0.29, 0.717) is 16.7 Å². The summed E-state index contributed by atoms with van der Waals surface area (Å²) in [6.45, 7) is 1.69. The first-order valence-electron chi connectivity index (χ1n) is 10.5. The number of hydrogen-bond donors (Lipinski definition) is 1. The Morgan fingerprint density at radius 2 is 2.09 bits per heavy atom. The molecule has 5 rings (SSSR count). The number of cyclic esters (lactones) is 1. The third-order valence-corrected chi connectivity index (χ3v) is 5.26. The van der Waals surface area contributed by atoms with Gasteiger partial charge in [-0.2, -0.15) is 0 Å². The molecule has 1 aliphatic heterocycles. The Hall–Kier alpha value is -4.81. The number of anilines is 1. The SMILES string of the molecule is CC(=O)NC[C@H]1CN(c2ccc(-n3cnc(C(=O)On4nnc5ccccc54)c3)c(F)c2)C(=O)O1. The maximum absolute atomic E-state index is 14.9. The van der Waals surface area contributed by atoms with Crippen LogP contribution in [0, 0.1) is 5.82 Å². The van der Waals surface area contributed by atoms with Crippen molar-refractivity contribution in [2.45, 2.75) is 13.0 Å². The molecule has 0 radical (unpaired) electrons. The molecule has 35 heavy (non-hydrogen) atoms. The number of rotatable bonds is 6. The van der Waals surface area contributed by atoms with E-state index in [9.17, 15) is 18.8 Å². The molecular formula is C22H18FN7O5. The van der Waals surface area contributed by atoms with E-state index in [1.807, 2.05) is 0 Å². The number of nitrogens with one attached hydrogen (secondary N) is 1. The van der Waals surface area contributed by atoms with Crippen LogP contribution in [0.5, 0.6) is 0 Å².